The molecule has 0 aliphatic heterocycles. The molecular weight excluding hydrogens is 265 g/mol. The highest BCUT2D eigenvalue weighted by atomic mass is 32.1. The Morgan fingerprint density at radius 2 is 2.11 bits per heavy atom. The van der Waals surface area contributed by atoms with Crippen LogP contribution >= 0.6 is 11.3 Å². The summed E-state index contributed by atoms with van der Waals surface area (Å²) in [5.74, 6) is -1.99. The molecule has 2 rings (SSSR count). The maximum absolute atomic E-state index is 13.3. The van der Waals surface area contributed by atoms with Gasteiger partial charge in [-0.25, -0.2) is 9.18 Å². The van der Waals surface area contributed by atoms with E-state index in [-0.39, 0.29) is 11.6 Å². The van der Waals surface area contributed by atoms with E-state index < -0.39 is 11.8 Å². The lowest BCUT2D eigenvalue weighted by Crippen LogP contribution is -2.07. The van der Waals surface area contributed by atoms with Crippen LogP contribution in [0, 0.1) is 12.7 Å². The van der Waals surface area contributed by atoms with Crippen LogP contribution in [0.25, 0.3) is 0 Å². The van der Waals surface area contributed by atoms with Gasteiger partial charge in [0.1, 0.15) is 5.82 Å². The zero-order chi connectivity index (χ0) is 14.0. The summed E-state index contributed by atoms with van der Waals surface area (Å²) >= 11 is 1.68. The summed E-state index contributed by atoms with van der Waals surface area (Å²) in [7, 11) is 0. The zero-order valence-electron chi connectivity index (χ0n) is 10.6. The predicted molar refractivity (Wildman–Crippen MR) is 74.5 cm³/mol. The first-order valence-electron chi connectivity index (χ1n) is 5.83. The average molecular weight is 279 g/mol. The van der Waals surface area contributed by atoms with E-state index in [1.807, 2.05) is 26.0 Å². The number of aromatic carboxylic acids is 1. The summed E-state index contributed by atoms with van der Waals surface area (Å²) < 4.78 is 13.3. The minimum Gasteiger partial charge on any atom is -0.478 e. The van der Waals surface area contributed by atoms with Crippen LogP contribution in [0.5, 0.6) is 0 Å². The first kappa shape index (κ1) is 13.5. The molecule has 0 saturated heterocycles. The van der Waals surface area contributed by atoms with Gasteiger partial charge >= 0.3 is 5.97 Å². The highest BCUT2D eigenvalue weighted by molar-refractivity contribution is 7.12. The van der Waals surface area contributed by atoms with E-state index in [2.05, 4.69) is 5.32 Å². The van der Waals surface area contributed by atoms with Gasteiger partial charge in [-0.2, -0.15) is 0 Å². The third-order valence-electron chi connectivity index (χ3n) is 2.77. The molecular formula is C14H14FNO2S. The molecule has 0 aliphatic carbocycles. The monoisotopic (exact) mass is 279 g/mol. The van der Waals surface area contributed by atoms with E-state index in [1.54, 1.807) is 17.4 Å². The Balaban J connectivity index is 2.19. The van der Waals surface area contributed by atoms with Crippen molar-refractivity contribution in [1.29, 1.82) is 0 Å². The van der Waals surface area contributed by atoms with Gasteiger partial charge in [-0.3, -0.25) is 0 Å². The molecule has 0 spiro atoms. The molecule has 3 nitrogen and oxygen atoms in total. The van der Waals surface area contributed by atoms with Crippen LogP contribution in [0.3, 0.4) is 0 Å². The van der Waals surface area contributed by atoms with Gasteiger partial charge in [0, 0.05) is 15.4 Å². The molecule has 2 aromatic rings. The van der Waals surface area contributed by atoms with Crippen LogP contribution in [0.2, 0.25) is 0 Å². The molecule has 0 fully saturated rings. The minimum absolute atomic E-state index is 0.0470. The van der Waals surface area contributed by atoms with Crippen molar-refractivity contribution in [1.82, 2.24) is 0 Å². The van der Waals surface area contributed by atoms with Crippen molar-refractivity contribution < 1.29 is 14.3 Å². The molecule has 0 amide bonds. The fraction of sp³-hybridized carbons (Fsp3) is 0.214. The quantitative estimate of drug-likeness (QED) is 0.887. The van der Waals surface area contributed by atoms with Gasteiger partial charge < -0.3 is 10.4 Å². The maximum atomic E-state index is 13.3. The number of hydrogen-bond acceptors (Lipinski definition) is 3. The Morgan fingerprint density at radius 3 is 2.68 bits per heavy atom. The molecule has 1 aromatic carbocycles. The first-order chi connectivity index (χ1) is 8.97. The van der Waals surface area contributed by atoms with Gasteiger partial charge in [-0.1, -0.05) is 0 Å². The topological polar surface area (TPSA) is 49.3 Å². The first-order valence-corrected chi connectivity index (χ1v) is 6.64. The summed E-state index contributed by atoms with van der Waals surface area (Å²) in [5.41, 5.74) is 0.275. The SMILES string of the molecule is Cc1ccc(C(C)Nc2ccc(F)c(C(=O)O)c2)s1. The normalized spacial score (nSPS) is 12.2. The van der Waals surface area contributed by atoms with Crippen molar-refractivity contribution in [3.63, 3.8) is 0 Å². The number of carboxylic acids is 1. The van der Waals surface area contributed by atoms with E-state index in [4.69, 9.17) is 5.11 Å². The Morgan fingerprint density at radius 1 is 1.37 bits per heavy atom. The number of benzene rings is 1. The zero-order valence-corrected chi connectivity index (χ0v) is 11.4. The molecule has 1 heterocycles. The van der Waals surface area contributed by atoms with Crippen molar-refractivity contribution in [2.75, 3.05) is 5.32 Å². The lowest BCUT2D eigenvalue weighted by atomic mass is 10.1. The lowest BCUT2D eigenvalue weighted by molar-refractivity contribution is 0.0692. The number of carboxylic acid groups (broad SMARTS) is 1. The third-order valence-corrected chi connectivity index (χ3v) is 3.95. The van der Waals surface area contributed by atoms with Crippen LogP contribution in [0.15, 0.2) is 30.3 Å². The molecule has 0 aliphatic rings. The van der Waals surface area contributed by atoms with E-state index in [0.717, 1.165) is 10.9 Å². The van der Waals surface area contributed by atoms with Crippen molar-refractivity contribution >= 4 is 23.0 Å². The fourth-order valence-electron chi connectivity index (χ4n) is 1.79. The number of hydrogen-bond donors (Lipinski definition) is 2. The molecule has 1 atom stereocenters. The molecule has 0 bridgehead atoms. The molecule has 5 heteroatoms. The number of anilines is 1. The average Bonchev–Trinajstić information content (AvgIpc) is 2.78. The van der Waals surface area contributed by atoms with Gasteiger partial charge in [0.15, 0.2) is 0 Å². The molecule has 2 N–H and O–H groups in total. The van der Waals surface area contributed by atoms with Crippen LogP contribution < -0.4 is 5.32 Å². The van der Waals surface area contributed by atoms with E-state index >= 15 is 0 Å². The number of halogens is 1. The number of rotatable bonds is 4. The predicted octanol–water partition coefficient (Wildman–Crippen LogP) is 4.07. The number of carbonyl (C=O) groups is 1. The summed E-state index contributed by atoms with van der Waals surface area (Å²) in [4.78, 5) is 13.2. The largest absolute Gasteiger partial charge is 0.478 e. The second kappa shape index (κ2) is 5.40. The third kappa shape index (κ3) is 3.12. The van der Waals surface area contributed by atoms with Crippen LogP contribution in [0.4, 0.5) is 10.1 Å². The minimum atomic E-state index is -1.26. The van der Waals surface area contributed by atoms with Gasteiger partial charge in [0.25, 0.3) is 0 Å². The number of nitrogens with one attached hydrogen (secondary N) is 1. The molecule has 19 heavy (non-hydrogen) atoms. The molecule has 1 unspecified atom stereocenters. The highest BCUT2D eigenvalue weighted by Gasteiger charge is 2.13. The van der Waals surface area contributed by atoms with Crippen LogP contribution in [-0.2, 0) is 0 Å². The Bertz CT molecular complexity index is 609. The van der Waals surface area contributed by atoms with Gasteiger partial charge in [0.2, 0.25) is 0 Å². The van der Waals surface area contributed by atoms with Gasteiger partial charge in [-0.05, 0) is 44.2 Å². The van der Waals surface area contributed by atoms with E-state index in [0.29, 0.717) is 5.69 Å². The highest BCUT2D eigenvalue weighted by Crippen LogP contribution is 2.26. The van der Waals surface area contributed by atoms with Gasteiger partial charge in [0.05, 0.1) is 11.6 Å². The van der Waals surface area contributed by atoms with Crippen LogP contribution in [0.1, 0.15) is 33.1 Å². The molecule has 0 radical (unpaired) electrons. The summed E-state index contributed by atoms with van der Waals surface area (Å²) in [6, 6.07) is 8.13. The summed E-state index contributed by atoms with van der Waals surface area (Å²) in [5, 5.41) is 12.1. The van der Waals surface area contributed by atoms with E-state index in [1.165, 1.54) is 10.9 Å². The standard InChI is InChI=1S/C14H14FNO2S/c1-8-3-6-13(19-8)9(2)16-10-4-5-12(15)11(7-10)14(17)18/h3-7,9,16H,1-2H3,(H,17,18). The smallest absolute Gasteiger partial charge is 0.338 e. The van der Waals surface area contributed by atoms with Crippen molar-refractivity contribution in [2.45, 2.75) is 19.9 Å². The summed E-state index contributed by atoms with van der Waals surface area (Å²) in [6.45, 7) is 4.01. The van der Waals surface area contributed by atoms with Crippen molar-refractivity contribution in [3.05, 3.63) is 51.5 Å². The maximum Gasteiger partial charge on any atom is 0.338 e. The second-order valence-electron chi connectivity index (χ2n) is 4.31. The van der Waals surface area contributed by atoms with Crippen molar-refractivity contribution in [2.24, 2.45) is 0 Å². The Hall–Kier alpha value is -1.88. The Kier molecular flexibility index (Phi) is 3.85. The van der Waals surface area contributed by atoms with Crippen LogP contribution in [-0.4, -0.2) is 11.1 Å². The number of aryl methyl sites for hydroxylation is 1. The number of thiophene rings is 1. The lowest BCUT2D eigenvalue weighted by Gasteiger charge is -2.14. The van der Waals surface area contributed by atoms with Gasteiger partial charge in [-0.15, -0.1) is 11.3 Å². The molecule has 1 aromatic heterocycles. The Labute approximate surface area is 114 Å². The molecule has 0 saturated carbocycles. The van der Waals surface area contributed by atoms with E-state index in [9.17, 15) is 9.18 Å². The van der Waals surface area contributed by atoms with Crippen molar-refractivity contribution in [3.8, 4) is 0 Å². The second-order valence-corrected chi connectivity index (χ2v) is 5.63. The summed E-state index contributed by atoms with van der Waals surface area (Å²) in [6.07, 6.45) is 0. The molecule has 100 valence electrons. The fourth-order valence-corrected chi connectivity index (χ4v) is 2.67.